The van der Waals surface area contributed by atoms with Crippen LogP contribution in [0.2, 0.25) is 0 Å². The summed E-state index contributed by atoms with van der Waals surface area (Å²) >= 11 is 0. The van der Waals surface area contributed by atoms with Crippen molar-refractivity contribution in [2.24, 2.45) is 5.41 Å². The van der Waals surface area contributed by atoms with Crippen molar-refractivity contribution < 1.29 is 4.74 Å². The van der Waals surface area contributed by atoms with Crippen LogP contribution in [-0.4, -0.2) is 25.8 Å². The molecule has 0 rings (SSSR count). The van der Waals surface area contributed by atoms with E-state index >= 15 is 0 Å². The number of rotatable bonds is 11. The van der Waals surface area contributed by atoms with Crippen molar-refractivity contribution in [3.05, 3.63) is 0 Å². The van der Waals surface area contributed by atoms with E-state index in [9.17, 15) is 0 Å². The lowest BCUT2D eigenvalue weighted by molar-refractivity contribution is 0.140. The highest BCUT2D eigenvalue weighted by Gasteiger charge is 2.12. The molecular weight excluding hydrogens is 222 g/mol. The Kier molecular flexibility index (Phi) is 10.8. The zero-order valence-electron chi connectivity index (χ0n) is 13.3. The highest BCUT2D eigenvalue weighted by Crippen LogP contribution is 2.22. The van der Waals surface area contributed by atoms with Gasteiger partial charge in [0.1, 0.15) is 0 Å². The summed E-state index contributed by atoms with van der Waals surface area (Å²) < 4.78 is 5.42. The van der Waals surface area contributed by atoms with Gasteiger partial charge in [-0.1, -0.05) is 34.1 Å². The van der Waals surface area contributed by atoms with Crippen LogP contribution in [-0.2, 0) is 4.74 Å². The van der Waals surface area contributed by atoms with E-state index in [2.05, 4.69) is 39.9 Å². The van der Waals surface area contributed by atoms with Gasteiger partial charge in [0.2, 0.25) is 0 Å². The molecule has 0 fully saturated rings. The van der Waals surface area contributed by atoms with Crippen molar-refractivity contribution in [3.8, 4) is 0 Å². The zero-order valence-corrected chi connectivity index (χ0v) is 13.3. The quantitative estimate of drug-likeness (QED) is 0.554. The Morgan fingerprint density at radius 2 is 1.72 bits per heavy atom. The first kappa shape index (κ1) is 17.9. The Morgan fingerprint density at radius 3 is 2.28 bits per heavy atom. The zero-order chi connectivity index (χ0) is 13.9. The number of hydrogen-bond acceptors (Lipinski definition) is 2. The van der Waals surface area contributed by atoms with Crippen LogP contribution in [0.4, 0.5) is 0 Å². The molecular formula is C16H35NO. The standard InChI is InChI=1S/C16H35NO/c1-6-13-17-15(11-9-14-18-7-2)10-8-12-16(3,4)5/h15,17H,6-14H2,1-5H3. The molecule has 1 atom stereocenters. The lowest BCUT2D eigenvalue weighted by Crippen LogP contribution is -2.30. The first-order valence-corrected chi connectivity index (χ1v) is 7.80. The Labute approximate surface area is 115 Å². The smallest absolute Gasteiger partial charge is 0.0466 e. The summed E-state index contributed by atoms with van der Waals surface area (Å²) in [5.74, 6) is 0. The maximum absolute atomic E-state index is 5.42. The molecule has 0 amide bonds. The molecule has 0 bridgehead atoms. The first-order chi connectivity index (χ1) is 8.49. The second-order valence-electron chi connectivity index (χ2n) is 6.44. The van der Waals surface area contributed by atoms with E-state index in [0.29, 0.717) is 11.5 Å². The van der Waals surface area contributed by atoms with Crippen LogP contribution in [0.3, 0.4) is 0 Å². The minimum Gasteiger partial charge on any atom is -0.382 e. The molecule has 0 radical (unpaired) electrons. The van der Waals surface area contributed by atoms with Crippen molar-refractivity contribution in [2.45, 2.75) is 79.2 Å². The SMILES string of the molecule is CCCNC(CCCOCC)CCCC(C)(C)C. The highest BCUT2D eigenvalue weighted by atomic mass is 16.5. The van der Waals surface area contributed by atoms with Gasteiger partial charge in [-0.15, -0.1) is 0 Å². The van der Waals surface area contributed by atoms with Crippen LogP contribution in [0.5, 0.6) is 0 Å². The minimum atomic E-state index is 0.473. The van der Waals surface area contributed by atoms with Crippen LogP contribution in [0.15, 0.2) is 0 Å². The number of nitrogens with one attached hydrogen (secondary N) is 1. The molecule has 0 aromatic carbocycles. The third-order valence-corrected chi connectivity index (χ3v) is 3.21. The minimum absolute atomic E-state index is 0.473. The molecule has 0 aliphatic carbocycles. The monoisotopic (exact) mass is 257 g/mol. The van der Waals surface area contributed by atoms with Gasteiger partial charge in [0.15, 0.2) is 0 Å². The molecule has 0 saturated carbocycles. The summed E-state index contributed by atoms with van der Waals surface area (Å²) in [6, 6.07) is 0.688. The normalized spacial score (nSPS) is 13.8. The van der Waals surface area contributed by atoms with E-state index in [4.69, 9.17) is 4.74 Å². The average molecular weight is 257 g/mol. The predicted octanol–water partition coefficient (Wildman–Crippen LogP) is 4.39. The van der Waals surface area contributed by atoms with Gasteiger partial charge in [-0.25, -0.2) is 0 Å². The second-order valence-corrected chi connectivity index (χ2v) is 6.44. The highest BCUT2D eigenvalue weighted by molar-refractivity contribution is 4.69. The molecule has 2 heteroatoms. The average Bonchev–Trinajstić information content (AvgIpc) is 2.29. The summed E-state index contributed by atoms with van der Waals surface area (Å²) in [5, 5.41) is 3.68. The second kappa shape index (κ2) is 10.8. The van der Waals surface area contributed by atoms with Crippen molar-refractivity contribution in [3.63, 3.8) is 0 Å². The van der Waals surface area contributed by atoms with Crippen LogP contribution in [0.1, 0.15) is 73.1 Å². The van der Waals surface area contributed by atoms with Gasteiger partial charge >= 0.3 is 0 Å². The predicted molar refractivity (Wildman–Crippen MR) is 81.1 cm³/mol. The first-order valence-electron chi connectivity index (χ1n) is 7.80. The van der Waals surface area contributed by atoms with Gasteiger partial charge in [0.05, 0.1) is 0 Å². The topological polar surface area (TPSA) is 21.3 Å². The van der Waals surface area contributed by atoms with Gasteiger partial charge < -0.3 is 10.1 Å². The lowest BCUT2D eigenvalue weighted by Gasteiger charge is -2.22. The van der Waals surface area contributed by atoms with E-state index < -0.39 is 0 Å². The molecule has 1 N–H and O–H groups in total. The van der Waals surface area contributed by atoms with Gasteiger partial charge in [-0.05, 0) is 51.0 Å². The van der Waals surface area contributed by atoms with Crippen LogP contribution >= 0.6 is 0 Å². The maximum atomic E-state index is 5.42. The van der Waals surface area contributed by atoms with Crippen molar-refractivity contribution >= 4 is 0 Å². The third kappa shape index (κ3) is 12.4. The van der Waals surface area contributed by atoms with Gasteiger partial charge in [0.25, 0.3) is 0 Å². The van der Waals surface area contributed by atoms with Gasteiger partial charge in [-0.2, -0.15) is 0 Å². The molecule has 1 unspecified atom stereocenters. The fourth-order valence-corrected chi connectivity index (χ4v) is 2.15. The summed E-state index contributed by atoms with van der Waals surface area (Å²) in [6.45, 7) is 14.2. The molecule has 0 aliphatic rings. The molecule has 0 heterocycles. The largest absolute Gasteiger partial charge is 0.382 e. The fourth-order valence-electron chi connectivity index (χ4n) is 2.15. The van der Waals surface area contributed by atoms with Gasteiger partial charge in [-0.3, -0.25) is 0 Å². The number of ether oxygens (including phenoxy) is 1. The van der Waals surface area contributed by atoms with Crippen LogP contribution < -0.4 is 5.32 Å². The molecule has 110 valence electrons. The Morgan fingerprint density at radius 1 is 1.06 bits per heavy atom. The number of hydrogen-bond donors (Lipinski definition) is 1. The van der Waals surface area contributed by atoms with Crippen molar-refractivity contribution in [1.82, 2.24) is 5.32 Å². The van der Waals surface area contributed by atoms with Crippen LogP contribution in [0, 0.1) is 5.41 Å². The van der Waals surface area contributed by atoms with E-state index in [1.165, 1.54) is 38.5 Å². The van der Waals surface area contributed by atoms with Crippen molar-refractivity contribution in [2.75, 3.05) is 19.8 Å². The molecule has 0 aromatic rings. The molecule has 0 aliphatic heterocycles. The molecule has 2 nitrogen and oxygen atoms in total. The summed E-state index contributed by atoms with van der Waals surface area (Å²) in [5.41, 5.74) is 0.473. The third-order valence-electron chi connectivity index (χ3n) is 3.21. The van der Waals surface area contributed by atoms with Crippen molar-refractivity contribution in [1.29, 1.82) is 0 Å². The van der Waals surface area contributed by atoms with E-state index in [0.717, 1.165) is 19.8 Å². The van der Waals surface area contributed by atoms with Crippen LogP contribution in [0.25, 0.3) is 0 Å². The molecule has 0 aromatic heterocycles. The summed E-state index contributed by atoms with van der Waals surface area (Å²) in [4.78, 5) is 0. The van der Waals surface area contributed by atoms with E-state index in [-0.39, 0.29) is 0 Å². The summed E-state index contributed by atoms with van der Waals surface area (Å²) in [7, 11) is 0. The lowest BCUT2D eigenvalue weighted by atomic mass is 9.88. The molecule has 18 heavy (non-hydrogen) atoms. The maximum Gasteiger partial charge on any atom is 0.0466 e. The fraction of sp³-hybridized carbons (Fsp3) is 1.00. The molecule has 0 saturated heterocycles. The molecule has 0 spiro atoms. The van der Waals surface area contributed by atoms with E-state index in [1.54, 1.807) is 0 Å². The summed E-state index contributed by atoms with van der Waals surface area (Å²) in [6.07, 6.45) is 7.63. The Bertz CT molecular complexity index is 174. The Hall–Kier alpha value is -0.0800. The Balaban J connectivity index is 3.76. The van der Waals surface area contributed by atoms with E-state index in [1.807, 2.05) is 0 Å². The van der Waals surface area contributed by atoms with Gasteiger partial charge in [0, 0.05) is 19.3 Å².